The van der Waals surface area contributed by atoms with Crippen LogP contribution in [0.4, 0.5) is 0 Å². The van der Waals surface area contributed by atoms with Gasteiger partial charge in [0.1, 0.15) is 12.4 Å². The number of benzene rings is 2. The van der Waals surface area contributed by atoms with Gasteiger partial charge in [-0.15, -0.1) is 0 Å². The number of ether oxygens (including phenoxy) is 1. The van der Waals surface area contributed by atoms with E-state index in [0.717, 1.165) is 29.0 Å². The fourth-order valence-electron chi connectivity index (χ4n) is 3.27. The van der Waals surface area contributed by atoms with Gasteiger partial charge in [-0.05, 0) is 62.7 Å². The topological polar surface area (TPSA) is 55.6 Å². The molecule has 0 aromatic heterocycles. The largest absolute Gasteiger partial charge is 0.492 e. The third-order valence-electron chi connectivity index (χ3n) is 5.00. The van der Waals surface area contributed by atoms with E-state index >= 15 is 0 Å². The first-order valence-electron chi connectivity index (χ1n) is 13.1. The van der Waals surface area contributed by atoms with E-state index in [1.807, 2.05) is 97.0 Å². The zero-order valence-electron chi connectivity index (χ0n) is 23.0. The number of allylic oxidation sites excluding steroid dienone is 1. The van der Waals surface area contributed by atoms with Crippen LogP contribution in [0.25, 0.3) is 0 Å². The van der Waals surface area contributed by atoms with E-state index in [0.29, 0.717) is 18.6 Å². The molecule has 0 unspecified atom stereocenters. The van der Waals surface area contributed by atoms with Crippen LogP contribution in [0.3, 0.4) is 0 Å². The molecule has 0 bridgehead atoms. The van der Waals surface area contributed by atoms with Crippen molar-refractivity contribution in [2.45, 2.75) is 67.7 Å². The van der Waals surface area contributed by atoms with Crippen LogP contribution in [0.1, 0.15) is 84.2 Å². The SMILES string of the molecule is C/C(C#Cc1cccc(C(=O)Cc2ccc(OCCN3CCCC3)cc2)c1)=C\N.CC.CC.CC.[3HH]. The number of likely N-dealkylation sites (tertiary alicyclic amines) is 1. The summed E-state index contributed by atoms with van der Waals surface area (Å²) in [6.45, 7) is 17.9. The number of rotatable bonds is 7. The number of hydrogen-bond donors (Lipinski definition) is 1. The molecule has 3 rings (SSSR count). The highest BCUT2D eigenvalue weighted by molar-refractivity contribution is 5.97. The van der Waals surface area contributed by atoms with Gasteiger partial charge in [-0.2, -0.15) is 0 Å². The summed E-state index contributed by atoms with van der Waals surface area (Å²) in [5.74, 6) is 6.91. The maximum Gasteiger partial charge on any atom is 0.167 e. The molecule has 1 heterocycles. The fourth-order valence-corrected chi connectivity index (χ4v) is 3.27. The monoisotopic (exact) mass is 482 g/mol. The minimum atomic E-state index is 0. The maximum absolute atomic E-state index is 12.6. The zero-order chi connectivity index (χ0) is 26.5. The minimum absolute atomic E-state index is 0. The standard InChI is InChI=1S/C25H28N2O2.3C2H6.H2/c1-20(19-26)7-8-21-5-4-6-23(17-21)25(28)18-22-9-11-24(12-10-22)29-16-15-27-13-2-3-14-27;3*1-2;/h4-6,9-12,17,19H,2-3,13-16,18,26H2,1H3;3*1-2H3;1H/b20-19+;;;;/i;;;;1+2. The molecule has 0 radical (unpaired) electrons. The predicted molar refractivity (Wildman–Crippen MR) is 153 cm³/mol. The molecule has 2 N–H and O–H groups in total. The van der Waals surface area contributed by atoms with Crippen molar-refractivity contribution in [1.82, 2.24) is 4.90 Å². The lowest BCUT2D eigenvalue weighted by atomic mass is 10.0. The summed E-state index contributed by atoms with van der Waals surface area (Å²) in [5, 5.41) is 0. The van der Waals surface area contributed by atoms with Gasteiger partial charge in [0.05, 0.1) is 0 Å². The number of hydrogen-bond acceptors (Lipinski definition) is 4. The Kier molecular flexibility index (Phi) is 18.6. The van der Waals surface area contributed by atoms with Crippen LogP contribution in [0.5, 0.6) is 5.75 Å². The van der Waals surface area contributed by atoms with E-state index in [4.69, 9.17) is 10.5 Å². The van der Waals surface area contributed by atoms with Gasteiger partial charge in [0.2, 0.25) is 0 Å². The molecule has 0 aliphatic carbocycles. The lowest BCUT2D eigenvalue weighted by molar-refractivity contribution is 0.0993. The Hall–Kier alpha value is -3.03. The second-order valence-corrected chi connectivity index (χ2v) is 7.32. The van der Waals surface area contributed by atoms with E-state index in [1.54, 1.807) is 0 Å². The second kappa shape index (κ2) is 20.4. The average Bonchev–Trinajstić information content (AvgIpc) is 3.45. The Morgan fingerprint density at radius 2 is 1.66 bits per heavy atom. The molecule has 4 heteroatoms. The van der Waals surface area contributed by atoms with Crippen molar-refractivity contribution in [3.05, 3.63) is 77.0 Å². The van der Waals surface area contributed by atoms with Crippen molar-refractivity contribution < 1.29 is 11.0 Å². The van der Waals surface area contributed by atoms with Gasteiger partial charge in [-0.1, -0.05) is 77.6 Å². The number of nitrogens with two attached hydrogens (primary N) is 1. The quantitative estimate of drug-likeness (QED) is 0.337. The summed E-state index contributed by atoms with van der Waals surface area (Å²) in [4.78, 5) is 15.1. The van der Waals surface area contributed by atoms with Crippen molar-refractivity contribution in [3.8, 4) is 17.6 Å². The molecule has 2 aromatic carbocycles. The molecule has 4 nitrogen and oxygen atoms in total. The summed E-state index contributed by atoms with van der Waals surface area (Å²) in [6, 6.07) is 15.2. The normalized spacial score (nSPS) is 12.4. The lowest BCUT2D eigenvalue weighted by Gasteiger charge is -2.15. The molecular weight excluding hydrogens is 432 g/mol. The highest BCUT2D eigenvalue weighted by atomic mass is 16.5. The molecule has 1 aliphatic heterocycles. The molecule has 1 aliphatic rings. The first-order valence-corrected chi connectivity index (χ1v) is 13.1. The summed E-state index contributed by atoms with van der Waals surface area (Å²) in [6.07, 6.45) is 4.42. The molecule has 0 spiro atoms. The molecule has 1 saturated heterocycles. The summed E-state index contributed by atoms with van der Waals surface area (Å²) >= 11 is 0. The molecule has 2 aromatic rings. The Morgan fingerprint density at radius 1 is 1.03 bits per heavy atom. The van der Waals surface area contributed by atoms with Crippen molar-refractivity contribution in [1.29, 1.82) is 0 Å². The number of carbonyl (C=O) groups is 1. The third kappa shape index (κ3) is 12.9. The molecular formula is C31H48N2O2. The molecule has 0 saturated carbocycles. The summed E-state index contributed by atoms with van der Waals surface area (Å²) in [7, 11) is 0. The first kappa shape index (κ1) is 32.0. The van der Waals surface area contributed by atoms with Crippen LogP contribution in [0, 0.1) is 11.8 Å². The second-order valence-electron chi connectivity index (χ2n) is 7.32. The van der Waals surface area contributed by atoms with Crippen molar-refractivity contribution in [2.24, 2.45) is 5.73 Å². The van der Waals surface area contributed by atoms with Crippen LogP contribution in [-0.4, -0.2) is 36.9 Å². The van der Waals surface area contributed by atoms with E-state index in [-0.39, 0.29) is 7.21 Å². The first-order chi connectivity index (χ1) is 17.1. The van der Waals surface area contributed by atoms with Crippen LogP contribution in [0.2, 0.25) is 0 Å². The molecule has 0 amide bonds. The maximum atomic E-state index is 12.6. The smallest absolute Gasteiger partial charge is 0.167 e. The Bertz CT molecular complexity index is 922. The molecule has 194 valence electrons. The highest BCUT2D eigenvalue weighted by Crippen LogP contribution is 2.15. The van der Waals surface area contributed by atoms with Crippen molar-refractivity contribution >= 4 is 5.78 Å². The zero-order valence-corrected chi connectivity index (χ0v) is 23.0. The fraction of sp³-hybridized carbons (Fsp3) is 0.452. The van der Waals surface area contributed by atoms with Gasteiger partial charge in [-0.25, -0.2) is 0 Å². The number of carbonyl (C=O) groups excluding carboxylic acids is 1. The Balaban J connectivity index is 0. The van der Waals surface area contributed by atoms with E-state index in [9.17, 15) is 4.79 Å². The van der Waals surface area contributed by atoms with Crippen LogP contribution < -0.4 is 10.5 Å². The van der Waals surface area contributed by atoms with Gasteiger partial charge in [-0.3, -0.25) is 9.69 Å². The Morgan fingerprint density at radius 3 is 2.26 bits per heavy atom. The predicted octanol–water partition coefficient (Wildman–Crippen LogP) is 7.13. The van der Waals surface area contributed by atoms with E-state index < -0.39 is 0 Å². The van der Waals surface area contributed by atoms with Crippen molar-refractivity contribution in [3.63, 3.8) is 0 Å². The van der Waals surface area contributed by atoms with Crippen molar-refractivity contribution in [2.75, 3.05) is 26.2 Å². The summed E-state index contributed by atoms with van der Waals surface area (Å²) in [5.41, 5.74) is 8.67. The van der Waals surface area contributed by atoms with Gasteiger partial charge < -0.3 is 10.5 Å². The highest BCUT2D eigenvalue weighted by Gasteiger charge is 2.11. The number of ketones is 1. The minimum Gasteiger partial charge on any atom is -0.492 e. The van der Waals surface area contributed by atoms with Gasteiger partial charge in [0.25, 0.3) is 0 Å². The van der Waals surface area contributed by atoms with Gasteiger partial charge >= 0.3 is 0 Å². The van der Waals surface area contributed by atoms with Gasteiger partial charge in [0.15, 0.2) is 5.78 Å². The van der Waals surface area contributed by atoms with E-state index in [1.165, 1.54) is 32.1 Å². The number of nitrogens with zero attached hydrogens (tertiary/aromatic N) is 1. The Labute approximate surface area is 216 Å². The van der Waals surface area contributed by atoms with Gasteiger partial charge in [0, 0.05) is 37.3 Å². The third-order valence-corrected chi connectivity index (χ3v) is 5.00. The van der Waals surface area contributed by atoms with Crippen LogP contribution in [0.15, 0.2) is 60.3 Å². The van der Waals surface area contributed by atoms with E-state index in [2.05, 4.69) is 16.7 Å². The lowest BCUT2D eigenvalue weighted by Crippen LogP contribution is -2.25. The van der Waals surface area contributed by atoms with Crippen LogP contribution in [-0.2, 0) is 6.42 Å². The molecule has 1 fully saturated rings. The summed E-state index contributed by atoms with van der Waals surface area (Å²) < 4.78 is 5.83. The number of Topliss-reactive ketones (excluding diaryl/α,β-unsaturated/α-hetero) is 1. The van der Waals surface area contributed by atoms with Crippen LogP contribution >= 0.6 is 0 Å². The molecule has 35 heavy (non-hydrogen) atoms. The average molecular weight is 483 g/mol. The molecule has 0 atom stereocenters.